The molecule has 0 aliphatic carbocycles. The first-order valence-electron chi connectivity index (χ1n) is 5.41. The number of nitriles is 1. The highest BCUT2D eigenvalue weighted by Crippen LogP contribution is 2.35. The fourth-order valence-electron chi connectivity index (χ4n) is 1.50. The molecule has 4 nitrogen and oxygen atoms in total. The molecule has 1 aromatic rings. The number of carbonyl (C=O) groups excluding carboxylic acids is 1. The van der Waals surface area contributed by atoms with E-state index in [4.69, 9.17) is 5.26 Å². The zero-order valence-corrected chi connectivity index (χ0v) is 10.7. The van der Waals surface area contributed by atoms with Crippen molar-refractivity contribution in [2.75, 3.05) is 14.1 Å². The minimum Gasteiger partial charge on any atom is -0.506 e. The van der Waals surface area contributed by atoms with Gasteiger partial charge < -0.3 is 10.0 Å². The number of amides is 1. The average molecular weight is 284 g/mol. The molecular weight excluding hydrogens is 273 g/mol. The van der Waals surface area contributed by atoms with E-state index in [1.165, 1.54) is 26.2 Å². The SMILES string of the molecule is CN(C)C(=O)/C(C#N)=C(\O)c1ccccc1C(F)(F)F. The molecule has 0 heterocycles. The molecule has 0 bridgehead atoms. The van der Waals surface area contributed by atoms with E-state index < -0.39 is 34.5 Å². The number of benzene rings is 1. The predicted octanol–water partition coefficient (Wildman–Crippen LogP) is 2.59. The van der Waals surface area contributed by atoms with Crippen LogP contribution in [0.3, 0.4) is 0 Å². The lowest BCUT2D eigenvalue weighted by Gasteiger charge is -2.14. The van der Waals surface area contributed by atoms with Crippen molar-refractivity contribution < 1.29 is 23.1 Å². The van der Waals surface area contributed by atoms with Crippen LogP contribution in [-0.4, -0.2) is 30.0 Å². The van der Waals surface area contributed by atoms with Crippen molar-refractivity contribution in [3.05, 3.63) is 41.0 Å². The smallest absolute Gasteiger partial charge is 0.417 e. The molecule has 106 valence electrons. The third kappa shape index (κ3) is 3.09. The minimum absolute atomic E-state index is 0.605. The molecule has 20 heavy (non-hydrogen) atoms. The molecule has 0 aromatic heterocycles. The molecule has 1 aromatic carbocycles. The number of carbonyl (C=O) groups is 1. The quantitative estimate of drug-likeness (QED) is 0.515. The van der Waals surface area contributed by atoms with Crippen molar-refractivity contribution in [3.8, 4) is 6.07 Å². The highest BCUT2D eigenvalue weighted by molar-refractivity contribution is 6.03. The maximum atomic E-state index is 12.8. The molecule has 0 spiro atoms. The zero-order valence-electron chi connectivity index (χ0n) is 10.7. The van der Waals surface area contributed by atoms with E-state index in [0.29, 0.717) is 0 Å². The van der Waals surface area contributed by atoms with E-state index in [-0.39, 0.29) is 0 Å². The monoisotopic (exact) mass is 284 g/mol. The number of aliphatic hydroxyl groups excluding tert-OH is 1. The predicted molar refractivity (Wildman–Crippen MR) is 65.3 cm³/mol. The van der Waals surface area contributed by atoms with Crippen molar-refractivity contribution in [2.24, 2.45) is 0 Å². The van der Waals surface area contributed by atoms with Gasteiger partial charge in [-0.2, -0.15) is 18.4 Å². The van der Waals surface area contributed by atoms with Crippen molar-refractivity contribution in [3.63, 3.8) is 0 Å². The van der Waals surface area contributed by atoms with Gasteiger partial charge in [-0.15, -0.1) is 0 Å². The molecule has 0 saturated heterocycles. The molecule has 1 amide bonds. The van der Waals surface area contributed by atoms with Crippen molar-refractivity contribution in [2.45, 2.75) is 6.18 Å². The molecule has 0 aliphatic heterocycles. The summed E-state index contributed by atoms with van der Waals surface area (Å²) in [7, 11) is 2.64. The molecule has 1 N–H and O–H groups in total. The van der Waals surface area contributed by atoms with Gasteiger partial charge in [-0.25, -0.2) is 0 Å². The highest BCUT2D eigenvalue weighted by Gasteiger charge is 2.35. The van der Waals surface area contributed by atoms with Crippen molar-refractivity contribution >= 4 is 11.7 Å². The Bertz CT molecular complexity index is 598. The molecule has 0 unspecified atom stereocenters. The number of likely N-dealkylation sites (N-methyl/N-ethyl adjacent to an activating group) is 1. The Morgan fingerprint density at radius 1 is 1.30 bits per heavy atom. The van der Waals surface area contributed by atoms with Crippen molar-refractivity contribution in [1.82, 2.24) is 4.90 Å². The van der Waals surface area contributed by atoms with Crippen LogP contribution in [0.2, 0.25) is 0 Å². The maximum Gasteiger partial charge on any atom is 0.417 e. The summed E-state index contributed by atoms with van der Waals surface area (Å²) in [5, 5.41) is 18.7. The summed E-state index contributed by atoms with van der Waals surface area (Å²) in [6, 6.07) is 5.62. The third-order valence-electron chi connectivity index (χ3n) is 2.46. The second-order valence-electron chi connectivity index (χ2n) is 4.08. The first-order valence-corrected chi connectivity index (χ1v) is 5.41. The fourth-order valence-corrected chi connectivity index (χ4v) is 1.50. The molecule has 0 saturated carbocycles. The average Bonchev–Trinajstić information content (AvgIpc) is 2.38. The van der Waals surface area contributed by atoms with Crippen LogP contribution in [-0.2, 0) is 11.0 Å². The summed E-state index contributed by atoms with van der Waals surface area (Å²) in [4.78, 5) is 12.6. The summed E-state index contributed by atoms with van der Waals surface area (Å²) in [6.07, 6.45) is -4.70. The summed E-state index contributed by atoms with van der Waals surface area (Å²) < 4.78 is 38.5. The van der Waals surface area contributed by atoms with Crippen LogP contribution in [0.1, 0.15) is 11.1 Å². The number of hydrogen-bond acceptors (Lipinski definition) is 3. The van der Waals surface area contributed by atoms with E-state index in [9.17, 15) is 23.1 Å². The standard InChI is InChI=1S/C13H11F3N2O2/c1-18(2)12(20)9(7-17)11(19)8-5-3-4-6-10(8)13(14,15)16/h3-6,19H,1-2H3/b11-9-. The number of halogens is 3. The number of alkyl halides is 3. The van der Waals surface area contributed by atoms with E-state index in [1.807, 2.05) is 0 Å². The Hall–Kier alpha value is -2.49. The first kappa shape index (κ1) is 15.6. The van der Waals surface area contributed by atoms with Crippen LogP contribution >= 0.6 is 0 Å². The van der Waals surface area contributed by atoms with Gasteiger partial charge >= 0.3 is 6.18 Å². The van der Waals surface area contributed by atoms with Gasteiger partial charge in [0.05, 0.1) is 5.56 Å². The Labute approximate surface area is 113 Å². The fraction of sp³-hybridized carbons (Fsp3) is 0.231. The third-order valence-corrected chi connectivity index (χ3v) is 2.46. The Kier molecular flexibility index (Phi) is 4.40. The van der Waals surface area contributed by atoms with E-state index in [2.05, 4.69) is 0 Å². The first-order chi connectivity index (χ1) is 9.20. The molecular formula is C13H11F3N2O2. The van der Waals surface area contributed by atoms with Gasteiger partial charge in [0, 0.05) is 19.7 Å². The topological polar surface area (TPSA) is 64.3 Å². The normalized spacial score (nSPS) is 12.4. The Balaban J connectivity index is 3.52. The Morgan fingerprint density at radius 2 is 1.85 bits per heavy atom. The van der Waals surface area contributed by atoms with Gasteiger partial charge in [-0.05, 0) is 6.07 Å². The zero-order chi connectivity index (χ0) is 15.5. The Morgan fingerprint density at radius 3 is 2.30 bits per heavy atom. The van der Waals surface area contributed by atoms with E-state index in [0.717, 1.165) is 23.1 Å². The number of hydrogen-bond donors (Lipinski definition) is 1. The van der Waals surface area contributed by atoms with Crippen molar-refractivity contribution in [1.29, 1.82) is 5.26 Å². The second-order valence-corrected chi connectivity index (χ2v) is 4.08. The summed E-state index contributed by atoms with van der Waals surface area (Å²) >= 11 is 0. The lowest BCUT2D eigenvalue weighted by molar-refractivity contribution is -0.138. The molecule has 0 fully saturated rings. The van der Waals surface area contributed by atoms with Crippen LogP contribution in [0.5, 0.6) is 0 Å². The van der Waals surface area contributed by atoms with Gasteiger partial charge in [0.15, 0.2) is 5.57 Å². The van der Waals surface area contributed by atoms with Gasteiger partial charge in [0.2, 0.25) is 0 Å². The molecule has 1 rings (SSSR count). The van der Waals surface area contributed by atoms with Crippen LogP contribution < -0.4 is 0 Å². The van der Waals surface area contributed by atoms with Crippen LogP contribution in [0.25, 0.3) is 5.76 Å². The van der Waals surface area contributed by atoms with Crippen LogP contribution in [0.4, 0.5) is 13.2 Å². The largest absolute Gasteiger partial charge is 0.506 e. The van der Waals surface area contributed by atoms with E-state index >= 15 is 0 Å². The number of rotatable bonds is 2. The molecule has 0 aliphatic rings. The van der Waals surface area contributed by atoms with Gasteiger partial charge in [-0.3, -0.25) is 4.79 Å². The molecule has 0 atom stereocenters. The lowest BCUT2D eigenvalue weighted by atomic mass is 10.0. The van der Waals surface area contributed by atoms with Gasteiger partial charge in [0.25, 0.3) is 5.91 Å². The summed E-state index contributed by atoms with van der Waals surface area (Å²) in [5.41, 5.74) is -2.46. The number of nitrogens with zero attached hydrogens (tertiary/aromatic N) is 2. The van der Waals surface area contributed by atoms with Crippen LogP contribution in [0, 0.1) is 11.3 Å². The highest BCUT2D eigenvalue weighted by atomic mass is 19.4. The summed E-state index contributed by atoms with van der Waals surface area (Å²) in [6.45, 7) is 0. The lowest BCUT2D eigenvalue weighted by Crippen LogP contribution is -2.24. The van der Waals surface area contributed by atoms with Gasteiger partial charge in [0.1, 0.15) is 11.8 Å². The molecule has 0 radical (unpaired) electrons. The molecule has 7 heteroatoms. The summed E-state index contributed by atoms with van der Waals surface area (Å²) in [5.74, 6) is -1.86. The number of aliphatic hydroxyl groups is 1. The minimum atomic E-state index is -4.70. The van der Waals surface area contributed by atoms with E-state index in [1.54, 1.807) is 0 Å². The van der Waals surface area contributed by atoms with Gasteiger partial charge in [-0.1, -0.05) is 18.2 Å². The maximum absolute atomic E-state index is 12.8. The second kappa shape index (κ2) is 5.65. The van der Waals surface area contributed by atoms with Crippen LogP contribution in [0.15, 0.2) is 29.8 Å².